The van der Waals surface area contributed by atoms with Gasteiger partial charge in [0.1, 0.15) is 0 Å². The molecule has 1 aromatic rings. The third kappa shape index (κ3) is 4.49. The molecule has 0 saturated heterocycles. The molecule has 0 aliphatic rings. The molecule has 2 N–H and O–H groups in total. The molecule has 5 heteroatoms. The van der Waals surface area contributed by atoms with Crippen LogP contribution in [0.1, 0.15) is 32.8 Å². The number of hydrogen-bond acceptors (Lipinski definition) is 3. The van der Waals surface area contributed by atoms with E-state index in [0.717, 1.165) is 24.3 Å². The Morgan fingerprint density at radius 1 is 1.25 bits per heavy atom. The SMILES string of the molecule is CCC(=O)NC(=S)Nc1ccc(N(CC)CC)cc1C. The van der Waals surface area contributed by atoms with E-state index in [4.69, 9.17) is 12.2 Å². The Bertz CT molecular complexity index is 484. The van der Waals surface area contributed by atoms with Gasteiger partial charge in [-0.3, -0.25) is 4.79 Å². The zero-order valence-electron chi connectivity index (χ0n) is 12.6. The minimum Gasteiger partial charge on any atom is -0.372 e. The van der Waals surface area contributed by atoms with Crippen LogP contribution in [0.15, 0.2) is 18.2 Å². The maximum atomic E-state index is 11.3. The maximum absolute atomic E-state index is 11.3. The highest BCUT2D eigenvalue weighted by Gasteiger charge is 2.07. The molecule has 0 heterocycles. The van der Waals surface area contributed by atoms with Crippen LogP contribution in [0.5, 0.6) is 0 Å². The van der Waals surface area contributed by atoms with Crippen molar-refractivity contribution >= 4 is 34.6 Å². The van der Waals surface area contributed by atoms with E-state index in [-0.39, 0.29) is 5.91 Å². The van der Waals surface area contributed by atoms with Gasteiger partial charge in [-0.2, -0.15) is 0 Å². The van der Waals surface area contributed by atoms with Crippen LogP contribution in [-0.4, -0.2) is 24.1 Å². The first kappa shape index (κ1) is 16.4. The molecular weight excluding hydrogens is 270 g/mol. The summed E-state index contributed by atoms with van der Waals surface area (Å²) in [6, 6.07) is 6.18. The molecule has 0 aromatic heterocycles. The summed E-state index contributed by atoms with van der Waals surface area (Å²) in [5, 5.41) is 6.04. The molecule has 0 spiro atoms. The van der Waals surface area contributed by atoms with E-state index in [1.807, 2.05) is 13.0 Å². The molecule has 20 heavy (non-hydrogen) atoms. The number of rotatable bonds is 5. The summed E-state index contributed by atoms with van der Waals surface area (Å²) in [5.41, 5.74) is 3.21. The first-order valence-electron chi connectivity index (χ1n) is 6.98. The molecule has 0 aliphatic carbocycles. The van der Waals surface area contributed by atoms with E-state index in [9.17, 15) is 4.79 Å². The molecule has 1 aromatic carbocycles. The normalized spacial score (nSPS) is 10.0. The molecule has 0 radical (unpaired) electrons. The number of anilines is 2. The summed E-state index contributed by atoms with van der Waals surface area (Å²) < 4.78 is 0. The summed E-state index contributed by atoms with van der Waals surface area (Å²) in [4.78, 5) is 13.6. The number of nitrogens with one attached hydrogen (secondary N) is 2. The Labute approximate surface area is 126 Å². The van der Waals surface area contributed by atoms with Gasteiger partial charge >= 0.3 is 0 Å². The fourth-order valence-corrected chi connectivity index (χ4v) is 2.17. The highest BCUT2D eigenvalue weighted by molar-refractivity contribution is 7.80. The van der Waals surface area contributed by atoms with Gasteiger partial charge in [0.05, 0.1) is 0 Å². The topological polar surface area (TPSA) is 44.4 Å². The Morgan fingerprint density at radius 3 is 2.40 bits per heavy atom. The lowest BCUT2D eigenvalue weighted by molar-refractivity contribution is -0.119. The Morgan fingerprint density at radius 2 is 1.90 bits per heavy atom. The number of thiocarbonyl (C=S) groups is 1. The van der Waals surface area contributed by atoms with Crippen LogP contribution in [0.2, 0.25) is 0 Å². The molecule has 1 amide bonds. The first-order valence-corrected chi connectivity index (χ1v) is 7.39. The fourth-order valence-electron chi connectivity index (χ4n) is 1.94. The first-order chi connectivity index (χ1) is 9.51. The van der Waals surface area contributed by atoms with Crippen LogP contribution in [-0.2, 0) is 4.79 Å². The van der Waals surface area contributed by atoms with E-state index in [2.05, 4.69) is 41.5 Å². The average Bonchev–Trinajstić information content (AvgIpc) is 2.42. The van der Waals surface area contributed by atoms with Crippen molar-refractivity contribution in [3.05, 3.63) is 23.8 Å². The standard InChI is InChI=1S/C15H23N3OS/c1-5-14(19)17-15(20)16-13-9-8-12(10-11(13)4)18(6-2)7-3/h8-10H,5-7H2,1-4H3,(H2,16,17,19,20). The Hall–Kier alpha value is -1.62. The minimum absolute atomic E-state index is 0.0834. The Kier molecular flexibility index (Phi) is 6.45. The molecule has 0 aliphatic heterocycles. The van der Waals surface area contributed by atoms with Gasteiger partial charge in [0.25, 0.3) is 0 Å². The summed E-state index contributed by atoms with van der Waals surface area (Å²) in [6.07, 6.45) is 0.418. The van der Waals surface area contributed by atoms with Crippen molar-refractivity contribution in [1.82, 2.24) is 5.32 Å². The third-order valence-electron chi connectivity index (χ3n) is 3.16. The zero-order chi connectivity index (χ0) is 15.1. The number of carbonyl (C=O) groups excluding carboxylic acids is 1. The maximum Gasteiger partial charge on any atom is 0.225 e. The predicted molar refractivity (Wildman–Crippen MR) is 89.4 cm³/mol. The van der Waals surface area contributed by atoms with Gasteiger partial charge < -0.3 is 15.5 Å². The third-order valence-corrected chi connectivity index (χ3v) is 3.36. The van der Waals surface area contributed by atoms with Gasteiger partial charge in [-0.1, -0.05) is 6.92 Å². The number of benzene rings is 1. The van der Waals surface area contributed by atoms with Crippen LogP contribution in [0.4, 0.5) is 11.4 Å². The van der Waals surface area contributed by atoms with Crippen LogP contribution in [0, 0.1) is 6.92 Å². The number of nitrogens with zero attached hydrogens (tertiary/aromatic N) is 1. The highest BCUT2D eigenvalue weighted by Crippen LogP contribution is 2.22. The van der Waals surface area contributed by atoms with Crippen molar-refractivity contribution in [3.63, 3.8) is 0 Å². The summed E-state index contributed by atoms with van der Waals surface area (Å²) >= 11 is 5.11. The number of amides is 1. The molecule has 0 unspecified atom stereocenters. The second-order valence-corrected chi connectivity index (χ2v) is 4.94. The largest absolute Gasteiger partial charge is 0.372 e. The van der Waals surface area contributed by atoms with Gasteiger partial charge in [-0.15, -0.1) is 0 Å². The molecule has 0 atom stereocenters. The van der Waals surface area contributed by atoms with E-state index in [0.29, 0.717) is 11.5 Å². The fraction of sp³-hybridized carbons (Fsp3) is 0.467. The number of aryl methyl sites for hydroxylation is 1. The number of hydrogen-bond donors (Lipinski definition) is 2. The van der Waals surface area contributed by atoms with Gasteiger partial charge in [0.2, 0.25) is 5.91 Å². The summed E-state index contributed by atoms with van der Waals surface area (Å²) in [7, 11) is 0. The van der Waals surface area contributed by atoms with Crippen LogP contribution >= 0.6 is 12.2 Å². The van der Waals surface area contributed by atoms with Crippen LogP contribution in [0.25, 0.3) is 0 Å². The van der Waals surface area contributed by atoms with Gasteiger partial charge in [0.15, 0.2) is 5.11 Å². The lowest BCUT2D eigenvalue weighted by Gasteiger charge is -2.22. The second kappa shape index (κ2) is 7.85. The minimum atomic E-state index is -0.0834. The summed E-state index contributed by atoms with van der Waals surface area (Å²) in [6.45, 7) is 10.1. The van der Waals surface area contributed by atoms with Gasteiger partial charge in [-0.25, -0.2) is 0 Å². The van der Waals surface area contributed by atoms with E-state index in [1.165, 1.54) is 5.69 Å². The van der Waals surface area contributed by atoms with Gasteiger partial charge in [-0.05, 0) is 56.8 Å². The van der Waals surface area contributed by atoms with E-state index < -0.39 is 0 Å². The zero-order valence-corrected chi connectivity index (χ0v) is 13.4. The lowest BCUT2D eigenvalue weighted by Crippen LogP contribution is -2.33. The quantitative estimate of drug-likeness (QED) is 0.819. The molecule has 4 nitrogen and oxygen atoms in total. The average molecular weight is 293 g/mol. The van der Waals surface area contributed by atoms with E-state index in [1.54, 1.807) is 6.92 Å². The van der Waals surface area contributed by atoms with E-state index >= 15 is 0 Å². The molecule has 0 fully saturated rings. The molecular formula is C15H23N3OS. The van der Waals surface area contributed by atoms with Crippen molar-refractivity contribution in [2.75, 3.05) is 23.3 Å². The highest BCUT2D eigenvalue weighted by atomic mass is 32.1. The predicted octanol–water partition coefficient (Wildman–Crippen LogP) is 3.06. The monoisotopic (exact) mass is 293 g/mol. The molecule has 110 valence electrons. The van der Waals surface area contributed by atoms with Crippen LogP contribution < -0.4 is 15.5 Å². The van der Waals surface area contributed by atoms with Crippen molar-refractivity contribution < 1.29 is 4.79 Å². The van der Waals surface area contributed by atoms with Crippen molar-refractivity contribution in [2.45, 2.75) is 34.1 Å². The Balaban J connectivity index is 2.78. The van der Waals surface area contributed by atoms with Crippen molar-refractivity contribution in [2.24, 2.45) is 0 Å². The summed E-state index contributed by atoms with van der Waals surface area (Å²) in [5.74, 6) is -0.0834. The second-order valence-electron chi connectivity index (χ2n) is 4.53. The van der Waals surface area contributed by atoms with Crippen LogP contribution in [0.3, 0.4) is 0 Å². The van der Waals surface area contributed by atoms with Crippen molar-refractivity contribution in [1.29, 1.82) is 0 Å². The molecule has 0 saturated carbocycles. The van der Waals surface area contributed by atoms with Gasteiger partial charge in [0, 0.05) is 30.9 Å². The molecule has 0 bridgehead atoms. The number of carbonyl (C=O) groups is 1. The lowest BCUT2D eigenvalue weighted by atomic mass is 10.1. The molecule has 1 rings (SSSR count). The van der Waals surface area contributed by atoms with Crippen molar-refractivity contribution in [3.8, 4) is 0 Å². The smallest absolute Gasteiger partial charge is 0.225 e.